The third-order valence-electron chi connectivity index (χ3n) is 4.81. The Balaban J connectivity index is 0.00000225. The molecule has 0 unspecified atom stereocenters. The SMILES string of the molecule is CCNCC1CCN(C(=O)c2sccc2-c2ccc(C)cc2)CC1.Cl. The van der Waals surface area contributed by atoms with E-state index in [1.54, 1.807) is 11.3 Å². The summed E-state index contributed by atoms with van der Waals surface area (Å²) >= 11 is 1.56. The second kappa shape index (κ2) is 9.37. The molecule has 136 valence electrons. The Hall–Kier alpha value is -1.36. The van der Waals surface area contributed by atoms with Gasteiger partial charge in [0.25, 0.3) is 5.91 Å². The van der Waals surface area contributed by atoms with Crippen molar-refractivity contribution in [1.82, 2.24) is 10.2 Å². The number of thiophene rings is 1. The molecule has 0 spiro atoms. The lowest BCUT2D eigenvalue weighted by molar-refractivity contribution is 0.0696. The zero-order valence-electron chi connectivity index (χ0n) is 15.0. The summed E-state index contributed by atoms with van der Waals surface area (Å²) in [6.45, 7) is 8.07. The third-order valence-corrected chi connectivity index (χ3v) is 5.71. The number of benzene rings is 1. The van der Waals surface area contributed by atoms with E-state index in [1.165, 1.54) is 5.56 Å². The van der Waals surface area contributed by atoms with Gasteiger partial charge in [0.05, 0.1) is 4.88 Å². The summed E-state index contributed by atoms with van der Waals surface area (Å²) in [5.74, 6) is 0.899. The van der Waals surface area contributed by atoms with Crippen LogP contribution in [0.2, 0.25) is 0 Å². The van der Waals surface area contributed by atoms with Crippen molar-refractivity contribution in [2.45, 2.75) is 26.7 Å². The molecule has 2 heterocycles. The van der Waals surface area contributed by atoms with E-state index < -0.39 is 0 Å². The lowest BCUT2D eigenvalue weighted by Gasteiger charge is -2.32. The van der Waals surface area contributed by atoms with Crippen molar-refractivity contribution in [3.8, 4) is 11.1 Å². The van der Waals surface area contributed by atoms with Crippen LogP contribution in [0, 0.1) is 12.8 Å². The fraction of sp³-hybridized carbons (Fsp3) is 0.450. The van der Waals surface area contributed by atoms with Crippen molar-refractivity contribution in [1.29, 1.82) is 0 Å². The number of likely N-dealkylation sites (tertiary alicyclic amines) is 1. The maximum atomic E-state index is 13.0. The molecule has 1 aliphatic heterocycles. The van der Waals surface area contributed by atoms with Crippen LogP contribution in [0.1, 0.15) is 35.0 Å². The number of hydrogen-bond donors (Lipinski definition) is 1. The van der Waals surface area contributed by atoms with E-state index in [1.807, 2.05) is 10.3 Å². The highest BCUT2D eigenvalue weighted by molar-refractivity contribution is 7.12. The van der Waals surface area contributed by atoms with Crippen molar-refractivity contribution in [2.24, 2.45) is 5.92 Å². The zero-order valence-corrected chi connectivity index (χ0v) is 16.6. The number of aryl methyl sites for hydroxylation is 1. The van der Waals surface area contributed by atoms with Gasteiger partial charge < -0.3 is 10.2 Å². The van der Waals surface area contributed by atoms with Gasteiger partial charge in [-0.05, 0) is 55.8 Å². The van der Waals surface area contributed by atoms with E-state index in [4.69, 9.17) is 0 Å². The van der Waals surface area contributed by atoms with Gasteiger partial charge >= 0.3 is 0 Å². The first-order valence-electron chi connectivity index (χ1n) is 8.83. The average Bonchev–Trinajstić information content (AvgIpc) is 3.10. The standard InChI is InChI=1S/C20H26N2OS.ClH/c1-3-21-14-16-8-11-22(12-9-16)20(23)19-18(10-13-24-19)17-6-4-15(2)5-7-17;/h4-7,10,13,16,21H,3,8-9,11-12,14H2,1-2H3;1H. The Labute approximate surface area is 160 Å². The quantitative estimate of drug-likeness (QED) is 0.824. The Morgan fingerprint density at radius 3 is 2.52 bits per heavy atom. The molecule has 3 nitrogen and oxygen atoms in total. The molecule has 0 radical (unpaired) electrons. The number of carbonyl (C=O) groups is 1. The fourth-order valence-electron chi connectivity index (χ4n) is 3.27. The van der Waals surface area contributed by atoms with Crippen molar-refractivity contribution < 1.29 is 4.79 Å². The first-order chi connectivity index (χ1) is 11.7. The molecular formula is C20H27ClN2OS. The summed E-state index contributed by atoms with van der Waals surface area (Å²) in [6, 6.07) is 10.5. The maximum Gasteiger partial charge on any atom is 0.264 e. The van der Waals surface area contributed by atoms with E-state index in [0.29, 0.717) is 5.92 Å². The maximum absolute atomic E-state index is 13.0. The van der Waals surface area contributed by atoms with Gasteiger partial charge in [0.15, 0.2) is 0 Å². The fourth-order valence-corrected chi connectivity index (χ4v) is 4.15. The molecule has 1 aliphatic rings. The summed E-state index contributed by atoms with van der Waals surface area (Å²) in [5, 5.41) is 5.45. The number of hydrogen-bond acceptors (Lipinski definition) is 3. The first kappa shape index (κ1) is 20.0. The first-order valence-corrected chi connectivity index (χ1v) is 9.71. The highest BCUT2D eigenvalue weighted by Gasteiger charge is 2.25. The van der Waals surface area contributed by atoms with Crippen LogP contribution in [0.15, 0.2) is 35.7 Å². The Kier molecular flexibility index (Phi) is 7.48. The number of rotatable bonds is 5. The van der Waals surface area contributed by atoms with E-state index in [0.717, 1.165) is 55.0 Å². The van der Waals surface area contributed by atoms with Crippen LogP contribution in [0.3, 0.4) is 0 Å². The molecule has 2 aromatic rings. The summed E-state index contributed by atoms with van der Waals surface area (Å²) in [4.78, 5) is 15.9. The van der Waals surface area contributed by atoms with E-state index >= 15 is 0 Å². The van der Waals surface area contributed by atoms with Crippen LogP contribution in [0.25, 0.3) is 11.1 Å². The molecule has 1 aromatic carbocycles. The minimum absolute atomic E-state index is 0. The molecule has 25 heavy (non-hydrogen) atoms. The Morgan fingerprint density at radius 1 is 1.20 bits per heavy atom. The predicted octanol–water partition coefficient (Wildman–Crippen LogP) is 4.61. The van der Waals surface area contributed by atoms with Crippen molar-refractivity contribution in [3.63, 3.8) is 0 Å². The van der Waals surface area contributed by atoms with Crippen molar-refractivity contribution >= 4 is 29.7 Å². The Bertz CT molecular complexity index is 675. The van der Waals surface area contributed by atoms with Crippen LogP contribution >= 0.6 is 23.7 Å². The third kappa shape index (κ3) is 4.84. The van der Waals surface area contributed by atoms with Gasteiger partial charge in [-0.15, -0.1) is 23.7 Å². The normalized spacial score (nSPS) is 15.0. The van der Waals surface area contributed by atoms with Crippen molar-refractivity contribution in [3.05, 3.63) is 46.2 Å². The molecule has 1 amide bonds. The molecule has 0 saturated carbocycles. The summed E-state index contributed by atoms with van der Waals surface area (Å²) in [6.07, 6.45) is 2.20. The van der Waals surface area contributed by atoms with Crippen LogP contribution in [0.5, 0.6) is 0 Å². The number of nitrogens with zero attached hydrogens (tertiary/aromatic N) is 1. The lowest BCUT2D eigenvalue weighted by atomic mass is 9.96. The smallest absolute Gasteiger partial charge is 0.264 e. The largest absolute Gasteiger partial charge is 0.338 e. The van der Waals surface area contributed by atoms with Crippen LogP contribution in [-0.2, 0) is 0 Å². The number of nitrogens with one attached hydrogen (secondary N) is 1. The molecule has 1 aromatic heterocycles. The summed E-state index contributed by atoms with van der Waals surface area (Å²) < 4.78 is 0. The van der Waals surface area contributed by atoms with Gasteiger partial charge in [-0.1, -0.05) is 36.8 Å². The minimum Gasteiger partial charge on any atom is -0.338 e. The van der Waals surface area contributed by atoms with Gasteiger partial charge in [-0.25, -0.2) is 0 Å². The van der Waals surface area contributed by atoms with E-state index in [-0.39, 0.29) is 18.3 Å². The summed E-state index contributed by atoms with van der Waals surface area (Å²) in [7, 11) is 0. The number of carbonyl (C=O) groups excluding carboxylic acids is 1. The number of piperidine rings is 1. The highest BCUT2D eigenvalue weighted by Crippen LogP contribution is 2.30. The molecule has 0 bridgehead atoms. The molecular weight excluding hydrogens is 352 g/mol. The van der Waals surface area contributed by atoms with Gasteiger partial charge in [-0.3, -0.25) is 4.79 Å². The van der Waals surface area contributed by atoms with E-state index in [2.05, 4.69) is 49.5 Å². The van der Waals surface area contributed by atoms with Crippen LogP contribution in [-0.4, -0.2) is 37.0 Å². The number of amides is 1. The van der Waals surface area contributed by atoms with Crippen LogP contribution in [0.4, 0.5) is 0 Å². The van der Waals surface area contributed by atoms with Gasteiger partial charge in [0.2, 0.25) is 0 Å². The number of halogens is 1. The molecule has 0 atom stereocenters. The van der Waals surface area contributed by atoms with Crippen LogP contribution < -0.4 is 5.32 Å². The zero-order chi connectivity index (χ0) is 16.9. The summed E-state index contributed by atoms with van der Waals surface area (Å²) in [5.41, 5.74) is 3.44. The van der Waals surface area contributed by atoms with Crippen molar-refractivity contribution in [2.75, 3.05) is 26.2 Å². The van der Waals surface area contributed by atoms with E-state index in [9.17, 15) is 4.79 Å². The Morgan fingerprint density at radius 2 is 1.88 bits per heavy atom. The van der Waals surface area contributed by atoms with Gasteiger partial charge in [0.1, 0.15) is 0 Å². The highest BCUT2D eigenvalue weighted by atomic mass is 35.5. The molecule has 3 rings (SSSR count). The second-order valence-electron chi connectivity index (χ2n) is 6.57. The molecule has 1 N–H and O–H groups in total. The monoisotopic (exact) mass is 378 g/mol. The van der Waals surface area contributed by atoms with Gasteiger partial charge in [-0.2, -0.15) is 0 Å². The molecule has 1 saturated heterocycles. The lowest BCUT2D eigenvalue weighted by Crippen LogP contribution is -2.40. The minimum atomic E-state index is 0. The molecule has 1 fully saturated rings. The topological polar surface area (TPSA) is 32.3 Å². The van der Waals surface area contributed by atoms with Gasteiger partial charge in [0, 0.05) is 18.7 Å². The second-order valence-corrected chi connectivity index (χ2v) is 7.49. The average molecular weight is 379 g/mol. The predicted molar refractivity (Wildman–Crippen MR) is 109 cm³/mol. The molecule has 5 heteroatoms. The molecule has 0 aliphatic carbocycles.